The summed E-state index contributed by atoms with van der Waals surface area (Å²) in [6, 6.07) is 7.87. The Hall–Kier alpha value is -1.61. The number of hydrogen-bond acceptors (Lipinski definition) is 3. The van der Waals surface area contributed by atoms with Crippen molar-refractivity contribution < 1.29 is 4.74 Å². The second-order valence-electron chi connectivity index (χ2n) is 5.28. The van der Waals surface area contributed by atoms with Crippen LogP contribution in [0.3, 0.4) is 0 Å². The van der Waals surface area contributed by atoms with Gasteiger partial charge in [-0.05, 0) is 44.7 Å². The maximum atomic E-state index is 6.39. The van der Waals surface area contributed by atoms with Crippen LogP contribution in [0, 0.1) is 0 Å². The average molecular weight is 303 g/mol. The summed E-state index contributed by atoms with van der Waals surface area (Å²) < 4.78 is 5.54. The molecule has 1 aromatic heterocycles. The largest absolute Gasteiger partial charge is 0.494 e. The highest BCUT2D eigenvalue weighted by Gasteiger charge is 2.16. The zero-order valence-electron chi connectivity index (χ0n) is 12.2. The molecule has 1 aliphatic carbocycles. The van der Waals surface area contributed by atoms with Crippen molar-refractivity contribution in [3.05, 3.63) is 40.7 Å². The molecule has 0 N–H and O–H groups in total. The quantitative estimate of drug-likeness (QED) is 0.620. The molecule has 110 valence electrons. The van der Waals surface area contributed by atoms with Gasteiger partial charge >= 0.3 is 0 Å². The summed E-state index contributed by atoms with van der Waals surface area (Å²) >= 11 is 6.39. The predicted molar refractivity (Wildman–Crippen MR) is 84.9 cm³/mol. The van der Waals surface area contributed by atoms with E-state index in [1.165, 1.54) is 19.3 Å². The molecule has 1 aliphatic rings. The number of rotatable bonds is 3. The van der Waals surface area contributed by atoms with Crippen molar-refractivity contribution in [2.24, 2.45) is 0 Å². The van der Waals surface area contributed by atoms with Gasteiger partial charge in [0.1, 0.15) is 10.9 Å². The van der Waals surface area contributed by atoms with Gasteiger partial charge in [0.2, 0.25) is 0 Å². The van der Waals surface area contributed by atoms with Gasteiger partial charge in [0, 0.05) is 16.8 Å². The minimum atomic E-state index is 0.610. The maximum Gasteiger partial charge on any atom is 0.161 e. The summed E-state index contributed by atoms with van der Waals surface area (Å²) in [5.41, 5.74) is 3.21. The Bertz CT molecular complexity index is 643. The number of hydrogen-bond donors (Lipinski definition) is 0. The fraction of sp³-hybridized carbons (Fsp3) is 0.412. The zero-order chi connectivity index (χ0) is 14.7. The van der Waals surface area contributed by atoms with E-state index < -0.39 is 0 Å². The van der Waals surface area contributed by atoms with Gasteiger partial charge < -0.3 is 4.74 Å². The molecule has 0 saturated heterocycles. The van der Waals surface area contributed by atoms with Crippen molar-refractivity contribution in [2.75, 3.05) is 6.61 Å². The van der Waals surface area contributed by atoms with Gasteiger partial charge in [-0.3, -0.25) is 0 Å². The molecule has 21 heavy (non-hydrogen) atoms. The van der Waals surface area contributed by atoms with Gasteiger partial charge in [0.05, 0.1) is 6.61 Å². The number of halogens is 1. The highest BCUT2D eigenvalue weighted by molar-refractivity contribution is 6.30. The van der Waals surface area contributed by atoms with Crippen molar-refractivity contribution >= 4 is 11.6 Å². The van der Waals surface area contributed by atoms with Crippen LogP contribution in [0.5, 0.6) is 5.75 Å². The van der Waals surface area contributed by atoms with Gasteiger partial charge in [-0.1, -0.05) is 30.2 Å². The van der Waals surface area contributed by atoms with Gasteiger partial charge in [0.15, 0.2) is 5.82 Å². The van der Waals surface area contributed by atoms with E-state index in [0.29, 0.717) is 17.6 Å². The molecule has 0 unspecified atom stereocenters. The molecule has 1 heterocycles. The number of aromatic nitrogens is 2. The molecule has 0 fully saturated rings. The molecule has 2 aromatic rings. The van der Waals surface area contributed by atoms with Crippen molar-refractivity contribution in [2.45, 2.75) is 39.0 Å². The number of ether oxygens (including phenoxy) is 1. The van der Waals surface area contributed by atoms with E-state index >= 15 is 0 Å². The van der Waals surface area contributed by atoms with E-state index in [4.69, 9.17) is 21.3 Å². The van der Waals surface area contributed by atoms with Crippen LogP contribution in [-0.2, 0) is 12.8 Å². The molecule has 0 saturated carbocycles. The first kappa shape index (κ1) is 14.3. The zero-order valence-corrected chi connectivity index (χ0v) is 13.0. The monoisotopic (exact) mass is 302 g/mol. The Balaban J connectivity index is 2.01. The van der Waals surface area contributed by atoms with E-state index in [0.717, 1.165) is 35.4 Å². The lowest BCUT2D eigenvalue weighted by Gasteiger charge is -2.10. The van der Waals surface area contributed by atoms with Gasteiger partial charge in [0.25, 0.3) is 0 Å². The number of nitrogens with zero attached hydrogens (tertiary/aromatic N) is 2. The number of benzene rings is 1. The van der Waals surface area contributed by atoms with Crippen LogP contribution in [0.25, 0.3) is 11.4 Å². The van der Waals surface area contributed by atoms with Crippen LogP contribution in [-0.4, -0.2) is 16.6 Å². The molecule has 0 radical (unpaired) electrons. The third-order valence-corrected chi connectivity index (χ3v) is 4.10. The molecule has 4 heteroatoms. The van der Waals surface area contributed by atoms with E-state index in [9.17, 15) is 0 Å². The summed E-state index contributed by atoms with van der Waals surface area (Å²) in [7, 11) is 0. The van der Waals surface area contributed by atoms with E-state index in [-0.39, 0.29) is 0 Å². The average Bonchev–Trinajstić information content (AvgIpc) is 2.73. The Morgan fingerprint density at radius 3 is 2.86 bits per heavy atom. The summed E-state index contributed by atoms with van der Waals surface area (Å²) in [4.78, 5) is 9.25. The summed E-state index contributed by atoms with van der Waals surface area (Å²) in [5.74, 6) is 1.53. The second-order valence-corrected chi connectivity index (χ2v) is 5.64. The van der Waals surface area contributed by atoms with Gasteiger partial charge in [-0.15, -0.1) is 0 Å². The highest BCUT2D eigenvalue weighted by atomic mass is 35.5. The van der Waals surface area contributed by atoms with Crippen molar-refractivity contribution in [3.8, 4) is 17.1 Å². The van der Waals surface area contributed by atoms with Crippen LogP contribution >= 0.6 is 11.6 Å². The second kappa shape index (κ2) is 6.44. The standard InChI is InChI=1S/C17H19ClN2O/c1-2-21-13-8-6-7-12(11-13)17-19-15-10-5-3-4-9-14(15)16(18)20-17/h6-8,11H,2-5,9-10H2,1H3. The highest BCUT2D eigenvalue weighted by Crippen LogP contribution is 2.28. The van der Waals surface area contributed by atoms with Crippen molar-refractivity contribution in [1.29, 1.82) is 0 Å². The van der Waals surface area contributed by atoms with Crippen LogP contribution in [0.15, 0.2) is 24.3 Å². The third kappa shape index (κ3) is 3.18. The lowest BCUT2D eigenvalue weighted by atomic mass is 10.1. The van der Waals surface area contributed by atoms with Gasteiger partial charge in [-0.25, -0.2) is 9.97 Å². The topological polar surface area (TPSA) is 35.0 Å². The minimum Gasteiger partial charge on any atom is -0.494 e. The molecular formula is C17H19ClN2O. The molecule has 0 aliphatic heterocycles. The van der Waals surface area contributed by atoms with E-state index in [2.05, 4.69) is 4.98 Å². The predicted octanol–water partition coefficient (Wildman–Crippen LogP) is 4.46. The Kier molecular flexibility index (Phi) is 4.39. The first-order valence-corrected chi connectivity index (χ1v) is 7.94. The Labute approximate surface area is 130 Å². The van der Waals surface area contributed by atoms with Crippen molar-refractivity contribution in [3.63, 3.8) is 0 Å². The summed E-state index contributed by atoms with van der Waals surface area (Å²) in [5, 5.41) is 0.610. The molecule has 3 nitrogen and oxygen atoms in total. The van der Waals surface area contributed by atoms with Crippen LogP contribution in [0.2, 0.25) is 5.15 Å². The van der Waals surface area contributed by atoms with E-state index in [1.807, 2.05) is 31.2 Å². The van der Waals surface area contributed by atoms with E-state index in [1.54, 1.807) is 0 Å². The lowest BCUT2D eigenvalue weighted by Crippen LogP contribution is -2.02. The molecule has 0 amide bonds. The Morgan fingerprint density at radius 2 is 2.00 bits per heavy atom. The molecular weight excluding hydrogens is 284 g/mol. The van der Waals surface area contributed by atoms with Crippen LogP contribution < -0.4 is 4.74 Å². The first-order chi connectivity index (χ1) is 10.3. The summed E-state index contributed by atoms with van der Waals surface area (Å²) in [6.45, 7) is 2.62. The smallest absolute Gasteiger partial charge is 0.161 e. The first-order valence-electron chi connectivity index (χ1n) is 7.56. The molecule has 0 bridgehead atoms. The van der Waals surface area contributed by atoms with Crippen LogP contribution in [0.4, 0.5) is 0 Å². The third-order valence-electron chi connectivity index (χ3n) is 3.79. The normalized spacial score (nSPS) is 14.4. The Morgan fingerprint density at radius 1 is 1.14 bits per heavy atom. The lowest BCUT2D eigenvalue weighted by molar-refractivity contribution is 0.340. The SMILES string of the molecule is CCOc1cccc(-c2nc(Cl)c3c(n2)CCCCC3)c1. The summed E-state index contributed by atoms with van der Waals surface area (Å²) in [6.07, 6.45) is 5.58. The van der Waals surface area contributed by atoms with Crippen LogP contribution in [0.1, 0.15) is 37.4 Å². The maximum absolute atomic E-state index is 6.39. The van der Waals surface area contributed by atoms with Crippen molar-refractivity contribution in [1.82, 2.24) is 9.97 Å². The van der Waals surface area contributed by atoms with Gasteiger partial charge in [-0.2, -0.15) is 0 Å². The number of aryl methyl sites for hydroxylation is 1. The minimum absolute atomic E-state index is 0.610. The molecule has 1 aromatic carbocycles. The fourth-order valence-corrected chi connectivity index (χ4v) is 3.03. The molecule has 0 atom stereocenters. The molecule has 0 spiro atoms. The fourth-order valence-electron chi connectivity index (χ4n) is 2.75. The molecule has 3 rings (SSSR count). The number of fused-ring (bicyclic) bond motifs is 1.